The zero-order chi connectivity index (χ0) is 10.8. The molecule has 1 aliphatic heterocycles. The van der Waals surface area contributed by atoms with E-state index in [9.17, 15) is 4.79 Å². The second-order valence-electron chi connectivity index (χ2n) is 3.46. The number of nitrogens with two attached hydrogens (primary N) is 1. The quantitative estimate of drug-likeness (QED) is 0.745. The highest BCUT2D eigenvalue weighted by Crippen LogP contribution is 2.26. The van der Waals surface area contributed by atoms with E-state index in [1.165, 1.54) is 5.01 Å². The number of hydrogen-bond donors (Lipinski definition) is 1. The summed E-state index contributed by atoms with van der Waals surface area (Å²) < 4.78 is 0. The third kappa shape index (κ3) is 1.70. The number of hydrogen-bond acceptors (Lipinski definition) is 3. The predicted molar refractivity (Wildman–Crippen MR) is 60.7 cm³/mol. The summed E-state index contributed by atoms with van der Waals surface area (Å²) in [6, 6.07) is 7.25. The van der Waals surface area contributed by atoms with Crippen molar-refractivity contribution in [2.45, 2.75) is 19.8 Å². The highest BCUT2D eigenvalue weighted by molar-refractivity contribution is 6.13. The smallest absolute Gasteiger partial charge is 0.253 e. The molecule has 0 atom stereocenters. The molecule has 4 nitrogen and oxygen atoms in total. The SMILES string of the molecule is CCC1=NN(c2ccccc2N)C(=O)C1. The fraction of sp³-hybridized carbons (Fsp3) is 0.273. The molecule has 1 amide bonds. The highest BCUT2D eigenvalue weighted by atomic mass is 16.2. The van der Waals surface area contributed by atoms with Crippen LogP contribution in [0.2, 0.25) is 0 Å². The van der Waals surface area contributed by atoms with Crippen LogP contribution in [-0.2, 0) is 4.79 Å². The van der Waals surface area contributed by atoms with Crippen LogP contribution in [0.4, 0.5) is 11.4 Å². The summed E-state index contributed by atoms with van der Waals surface area (Å²) in [7, 11) is 0. The number of carbonyl (C=O) groups is 1. The van der Waals surface area contributed by atoms with E-state index >= 15 is 0 Å². The fourth-order valence-corrected chi connectivity index (χ4v) is 1.55. The molecule has 1 heterocycles. The highest BCUT2D eigenvalue weighted by Gasteiger charge is 2.24. The Morgan fingerprint density at radius 2 is 2.20 bits per heavy atom. The van der Waals surface area contributed by atoms with E-state index in [0.717, 1.165) is 12.1 Å². The maximum atomic E-state index is 11.7. The first-order chi connectivity index (χ1) is 7.22. The number of amides is 1. The Morgan fingerprint density at radius 1 is 1.47 bits per heavy atom. The summed E-state index contributed by atoms with van der Waals surface area (Å²) in [5, 5.41) is 5.64. The molecule has 0 radical (unpaired) electrons. The lowest BCUT2D eigenvalue weighted by Crippen LogP contribution is -2.20. The Labute approximate surface area is 88.4 Å². The monoisotopic (exact) mass is 203 g/mol. The summed E-state index contributed by atoms with van der Waals surface area (Å²) >= 11 is 0. The van der Waals surface area contributed by atoms with Crippen molar-refractivity contribution < 1.29 is 4.79 Å². The fourth-order valence-electron chi connectivity index (χ4n) is 1.55. The number of hydrazone groups is 1. The number of carbonyl (C=O) groups excluding carboxylic acids is 1. The van der Waals surface area contributed by atoms with Gasteiger partial charge in [-0.2, -0.15) is 10.1 Å². The van der Waals surface area contributed by atoms with Crippen LogP contribution in [0.15, 0.2) is 29.4 Å². The Morgan fingerprint density at radius 3 is 2.80 bits per heavy atom. The Balaban J connectivity index is 2.36. The molecule has 0 unspecified atom stereocenters. The number of anilines is 2. The van der Waals surface area contributed by atoms with E-state index in [0.29, 0.717) is 17.8 Å². The van der Waals surface area contributed by atoms with Gasteiger partial charge < -0.3 is 5.73 Å². The van der Waals surface area contributed by atoms with E-state index in [1.54, 1.807) is 12.1 Å². The molecule has 2 rings (SSSR count). The van der Waals surface area contributed by atoms with Crippen LogP contribution in [0.5, 0.6) is 0 Å². The normalized spacial score (nSPS) is 15.7. The Kier molecular flexibility index (Phi) is 2.41. The third-order valence-corrected chi connectivity index (χ3v) is 2.41. The molecular formula is C11H13N3O. The molecule has 4 heteroatoms. The molecule has 0 bridgehead atoms. The zero-order valence-electron chi connectivity index (χ0n) is 8.60. The summed E-state index contributed by atoms with van der Waals surface area (Å²) in [4.78, 5) is 11.7. The predicted octanol–water partition coefficient (Wildman–Crippen LogP) is 1.77. The maximum absolute atomic E-state index is 11.7. The molecule has 1 aliphatic rings. The van der Waals surface area contributed by atoms with Gasteiger partial charge in [0.15, 0.2) is 0 Å². The summed E-state index contributed by atoms with van der Waals surface area (Å²) in [6.45, 7) is 1.99. The number of para-hydroxylation sites is 2. The van der Waals surface area contributed by atoms with Gasteiger partial charge in [0.05, 0.1) is 17.8 Å². The van der Waals surface area contributed by atoms with E-state index < -0.39 is 0 Å². The number of nitrogen functional groups attached to an aromatic ring is 1. The first kappa shape index (κ1) is 9.71. The topological polar surface area (TPSA) is 58.7 Å². The van der Waals surface area contributed by atoms with Crippen LogP contribution in [0.25, 0.3) is 0 Å². The van der Waals surface area contributed by atoms with Gasteiger partial charge in [0, 0.05) is 5.71 Å². The minimum absolute atomic E-state index is 0.00949. The van der Waals surface area contributed by atoms with E-state index in [4.69, 9.17) is 5.73 Å². The Bertz CT molecular complexity index is 426. The maximum Gasteiger partial charge on any atom is 0.253 e. The zero-order valence-corrected chi connectivity index (χ0v) is 8.60. The molecule has 1 aromatic rings. The summed E-state index contributed by atoms with van der Waals surface area (Å²) in [6.07, 6.45) is 1.21. The molecule has 0 saturated carbocycles. The molecule has 0 aliphatic carbocycles. The van der Waals surface area contributed by atoms with Crippen LogP contribution in [0.3, 0.4) is 0 Å². The minimum Gasteiger partial charge on any atom is -0.397 e. The van der Waals surface area contributed by atoms with Crippen molar-refractivity contribution in [3.8, 4) is 0 Å². The van der Waals surface area contributed by atoms with Gasteiger partial charge in [-0.3, -0.25) is 4.79 Å². The lowest BCUT2D eigenvalue weighted by atomic mass is 10.2. The number of rotatable bonds is 2. The van der Waals surface area contributed by atoms with Gasteiger partial charge in [-0.05, 0) is 18.6 Å². The van der Waals surface area contributed by atoms with Gasteiger partial charge in [0.25, 0.3) is 5.91 Å². The van der Waals surface area contributed by atoms with Gasteiger partial charge in [0.2, 0.25) is 0 Å². The van der Waals surface area contributed by atoms with Crippen molar-refractivity contribution in [1.82, 2.24) is 0 Å². The van der Waals surface area contributed by atoms with Gasteiger partial charge in [-0.15, -0.1) is 0 Å². The average molecular weight is 203 g/mol. The summed E-state index contributed by atoms with van der Waals surface area (Å²) in [5.41, 5.74) is 7.94. The lowest BCUT2D eigenvalue weighted by Gasteiger charge is -2.13. The molecule has 0 fully saturated rings. The van der Waals surface area contributed by atoms with Crippen LogP contribution in [0, 0.1) is 0 Å². The van der Waals surface area contributed by atoms with E-state index in [2.05, 4.69) is 5.10 Å². The molecule has 0 spiro atoms. The number of benzene rings is 1. The van der Waals surface area contributed by atoms with Crippen LogP contribution in [-0.4, -0.2) is 11.6 Å². The minimum atomic E-state index is -0.00949. The Hall–Kier alpha value is -1.84. The molecule has 78 valence electrons. The second kappa shape index (κ2) is 3.73. The molecule has 15 heavy (non-hydrogen) atoms. The van der Waals surface area contributed by atoms with Crippen molar-refractivity contribution in [2.75, 3.05) is 10.7 Å². The largest absolute Gasteiger partial charge is 0.397 e. The van der Waals surface area contributed by atoms with Crippen LogP contribution < -0.4 is 10.7 Å². The van der Waals surface area contributed by atoms with Crippen molar-refractivity contribution in [2.24, 2.45) is 5.10 Å². The third-order valence-electron chi connectivity index (χ3n) is 2.41. The van der Waals surface area contributed by atoms with E-state index in [-0.39, 0.29) is 5.91 Å². The number of nitrogens with zero attached hydrogens (tertiary/aromatic N) is 2. The second-order valence-corrected chi connectivity index (χ2v) is 3.46. The van der Waals surface area contributed by atoms with E-state index in [1.807, 2.05) is 19.1 Å². The van der Waals surface area contributed by atoms with Gasteiger partial charge >= 0.3 is 0 Å². The first-order valence-corrected chi connectivity index (χ1v) is 4.96. The van der Waals surface area contributed by atoms with Crippen LogP contribution >= 0.6 is 0 Å². The van der Waals surface area contributed by atoms with Gasteiger partial charge in [-0.25, -0.2) is 0 Å². The van der Waals surface area contributed by atoms with Gasteiger partial charge in [0.1, 0.15) is 0 Å². The van der Waals surface area contributed by atoms with Crippen molar-refractivity contribution >= 4 is 23.0 Å². The molecule has 0 saturated heterocycles. The lowest BCUT2D eigenvalue weighted by molar-refractivity contribution is -0.116. The van der Waals surface area contributed by atoms with Crippen molar-refractivity contribution in [3.63, 3.8) is 0 Å². The van der Waals surface area contributed by atoms with Crippen LogP contribution in [0.1, 0.15) is 19.8 Å². The van der Waals surface area contributed by atoms with Crippen molar-refractivity contribution in [3.05, 3.63) is 24.3 Å². The molecular weight excluding hydrogens is 190 g/mol. The van der Waals surface area contributed by atoms with Gasteiger partial charge in [-0.1, -0.05) is 19.1 Å². The molecule has 2 N–H and O–H groups in total. The summed E-state index contributed by atoms with van der Waals surface area (Å²) in [5.74, 6) is -0.00949. The van der Waals surface area contributed by atoms with Crippen molar-refractivity contribution in [1.29, 1.82) is 0 Å². The first-order valence-electron chi connectivity index (χ1n) is 4.96. The average Bonchev–Trinajstić information content (AvgIpc) is 2.60. The molecule has 0 aromatic heterocycles. The standard InChI is InChI=1S/C11H13N3O/c1-2-8-7-11(15)14(13-8)10-6-4-3-5-9(10)12/h3-6H,2,7,12H2,1H3. The molecule has 1 aromatic carbocycles.